The summed E-state index contributed by atoms with van der Waals surface area (Å²) < 4.78 is 14.4. The van der Waals surface area contributed by atoms with Gasteiger partial charge in [-0.25, -0.2) is 9.18 Å². The van der Waals surface area contributed by atoms with Crippen LogP contribution in [0.4, 0.5) is 10.1 Å². The fourth-order valence-electron chi connectivity index (χ4n) is 2.39. The summed E-state index contributed by atoms with van der Waals surface area (Å²) in [5.74, 6) is -0.810. The lowest BCUT2D eigenvalue weighted by Crippen LogP contribution is -2.26. The molecule has 0 saturated heterocycles. The van der Waals surface area contributed by atoms with Gasteiger partial charge in [-0.2, -0.15) is 0 Å². The van der Waals surface area contributed by atoms with Crippen LogP contribution in [0.1, 0.15) is 5.56 Å². The molecule has 0 spiro atoms. The summed E-state index contributed by atoms with van der Waals surface area (Å²) in [7, 11) is 0. The minimum absolute atomic E-state index is 0.174. The Kier molecular flexibility index (Phi) is 3.92. The minimum atomic E-state index is -0.464. The van der Waals surface area contributed by atoms with Crippen molar-refractivity contribution in [2.24, 2.45) is 0 Å². The second-order valence-corrected chi connectivity index (χ2v) is 5.62. The van der Waals surface area contributed by atoms with Gasteiger partial charge >= 0.3 is 5.69 Å². The highest BCUT2D eigenvalue weighted by molar-refractivity contribution is 6.30. The molecule has 2 N–H and O–H groups in total. The van der Waals surface area contributed by atoms with Crippen LogP contribution in [0.25, 0.3) is 11.0 Å². The zero-order chi connectivity index (χ0) is 16.6. The number of rotatable bonds is 3. The summed E-state index contributed by atoms with van der Waals surface area (Å²) in [6, 6.07) is 9.02. The zero-order valence-corrected chi connectivity index (χ0v) is 12.9. The number of H-pyrrole nitrogens is 1. The molecule has 0 atom stereocenters. The van der Waals surface area contributed by atoms with Gasteiger partial charge < -0.3 is 10.3 Å². The average Bonchev–Trinajstić information content (AvgIpc) is 2.77. The summed E-state index contributed by atoms with van der Waals surface area (Å²) in [6.45, 7) is 1.65. The van der Waals surface area contributed by atoms with E-state index in [0.717, 1.165) is 5.56 Å². The second kappa shape index (κ2) is 5.89. The number of aryl methyl sites for hydroxylation is 1. The third-order valence-electron chi connectivity index (χ3n) is 3.50. The molecule has 7 heteroatoms. The van der Waals surface area contributed by atoms with Crippen molar-refractivity contribution in [1.82, 2.24) is 9.55 Å². The summed E-state index contributed by atoms with van der Waals surface area (Å²) in [6.07, 6.45) is 0. The molecule has 118 valence electrons. The van der Waals surface area contributed by atoms with E-state index in [0.29, 0.717) is 21.7 Å². The monoisotopic (exact) mass is 333 g/mol. The molecule has 0 bridgehead atoms. The van der Waals surface area contributed by atoms with E-state index in [1.165, 1.54) is 22.8 Å². The maximum absolute atomic E-state index is 13.2. The lowest BCUT2D eigenvalue weighted by Gasteiger charge is -2.09. The van der Waals surface area contributed by atoms with Crippen molar-refractivity contribution in [2.75, 3.05) is 5.32 Å². The van der Waals surface area contributed by atoms with Crippen molar-refractivity contribution in [2.45, 2.75) is 13.5 Å². The van der Waals surface area contributed by atoms with Crippen LogP contribution in [0.3, 0.4) is 0 Å². The van der Waals surface area contributed by atoms with Gasteiger partial charge in [-0.15, -0.1) is 0 Å². The first-order chi connectivity index (χ1) is 10.9. The molecule has 0 radical (unpaired) electrons. The van der Waals surface area contributed by atoms with Crippen LogP contribution in [0.15, 0.2) is 41.2 Å². The van der Waals surface area contributed by atoms with Gasteiger partial charge in [0.2, 0.25) is 5.91 Å². The van der Waals surface area contributed by atoms with Gasteiger partial charge in [-0.05, 0) is 48.9 Å². The van der Waals surface area contributed by atoms with Crippen LogP contribution in [-0.4, -0.2) is 15.5 Å². The van der Waals surface area contributed by atoms with Crippen LogP contribution in [0, 0.1) is 12.7 Å². The van der Waals surface area contributed by atoms with Crippen molar-refractivity contribution in [3.63, 3.8) is 0 Å². The SMILES string of the molecule is Cc1cc(Cl)ccc1NC(=O)Cn1c(=O)[nH]c2cc(F)ccc21. The number of benzene rings is 2. The van der Waals surface area contributed by atoms with Crippen LogP contribution < -0.4 is 11.0 Å². The number of carbonyl (C=O) groups is 1. The quantitative estimate of drug-likeness (QED) is 0.773. The Morgan fingerprint density at radius 3 is 2.83 bits per heavy atom. The Labute approximate surface area is 135 Å². The number of aromatic nitrogens is 2. The fourth-order valence-corrected chi connectivity index (χ4v) is 2.62. The average molecular weight is 334 g/mol. The number of nitrogens with zero attached hydrogens (tertiary/aromatic N) is 1. The number of amides is 1. The number of fused-ring (bicyclic) bond motifs is 1. The smallest absolute Gasteiger partial charge is 0.324 e. The maximum Gasteiger partial charge on any atom is 0.326 e. The van der Waals surface area contributed by atoms with Gasteiger partial charge in [0.1, 0.15) is 12.4 Å². The third-order valence-corrected chi connectivity index (χ3v) is 3.74. The normalized spacial score (nSPS) is 10.9. The molecule has 0 unspecified atom stereocenters. The molecule has 5 nitrogen and oxygen atoms in total. The fraction of sp³-hybridized carbons (Fsp3) is 0.125. The number of halogens is 2. The minimum Gasteiger partial charge on any atom is -0.324 e. The standard InChI is InChI=1S/C16H13ClFN3O2/c1-9-6-10(17)2-4-12(9)19-15(22)8-21-14-5-3-11(18)7-13(14)20-16(21)23/h2-7H,8H2,1H3,(H,19,22)(H,20,23). The highest BCUT2D eigenvalue weighted by Crippen LogP contribution is 2.19. The Bertz CT molecular complexity index is 962. The molecule has 0 fully saturated rings. The van der Waals surface area contributed by atoms with E-state index in [1.54, 1.807) is 18.2 Å². The molecule has 0 aliphatic carbocycles. The van der Waals surface area contributed by atoms with Gasteiger partial charge in [0.05, 0.1) is 11.0 Å². The largest absolute Gasteiger partial charge is 0.326 e. The topological polar surface area (TPSA) is 66.9 Å². The van der Waals surface area contributed by atoms with Crippen molar-refractivity contribution in [3.05, 3.63) is 63.3 Å². The number of aromatic amines is 1. The number of nitrogens with one attached hydrogen (secondary N) is 2. The van der Waals surface area contributed by atoms with Crippen LogP contribution in [0.5, 0.6) is 0 Å². The molecule has 0 saturated carbocycles. The highest BCUT2D eigenvalue weighted by Gasteiger charge is 2.12. The Balaban J connectivity index is 1.86. The summed E-state index contributed by atoms with van der Waals surface area (Å²) in [5.41, 5.74) is 1.80. The van der Waals surface area contributed by atoms with Crippen molar-refractivity contribution < 1.29 is 9.18 Å². The zero-order valence-electron chi connectivity index (χ0n) is 12.2. The predicted octanol–water partition coefficient (Wildman–Crippen LogP) is 3.07. The number of anilines is 1. The maximum atomic E-state index is 13.2. The number of hydrogen-bond donors (Lipinski definition) is 2. The first kappa shape index (κ1) is 15.3. The first-order valence-corrected chi connectivity index (χ1v) is 7.26. The lowest BCUT2D eigenvalue weighted by molar-refractivity contribution is -0.116. The summed E-state index contributed by atoms with van der Waals surface area (Å²) in [5, 5.41) is 3.31. The predicted molar refractivity (Wildman–Crippen MR) is 87.3 cm³/mol. The molecule has 23 heavy (non-hydrogen) atoms. The molecular weight excluding hydrogens is 321 g/mol. The van der Waals surface area contributed by atoms with Gasteiger partial charge in [0, 0.05) is 10.7 Å². The number of imidazole rings is 1. The van der Waals surface area contributed by atoms with Crippen molar-refractivity contribution in [1.29, 1.82) is 0 Å². The summed E-state index contributed by atoms with van der Waals surface area (Å²) in [4.78, 5) is 26.7. The Morgan fingerprint density at radius 2 is 2.09 bits per heavy atom. The number of hydrogen-bond acceptors (Lipinski definition) is 2. The molecule has 1 amide bonds. The second-order valence-electron chi connectivity index (χ2n) is 5.19. The highest BCUT2D eigenvalue weighted by atomic mass is 35.5. The molecule has 0 aliphatic rings. The van der Waals surface area contributed by atoms with Crippen LogP contribution in [-0.2, 0) is 11.3 Å². The van der Waals surface area contributed by atoms with Crippen molar-refractivity contribution >= 4 is 34.2 Å². The molecule has 0 aliphatic heterocycles. The van der Waals surface area contributed by atoms with Crippen molar-refractivity contribution in [3.8, 4) is 0 Å². The molecule has 3 rings (SSSR count). The third kappa shape index (κ3) is 3.12. The lowest BCUT2D eigenvalue weighted by atomic mass is 10.2. The Hall–Kier alpha value is -2.60. The molecule has 1 heterocycles. The molecule has 2 aromatic carbocycles. The van der Waals surface area contributed by atoms with E-state index in [9.17, 15) is 14.0 Å². The van der Waals surface area contributed by atoms with E-state index in [-0.39, 0.29) is 12.5 Å². The van der Waals surface area contributed by atoms with Gasteiger partial charge in [-0.1, -0.05) is 11.6 Å². The van der Waals surface area contributed by atoms with E-state index in [4.69, 9.17) is 11.6 Å². The molecule has 1 aromatic heterocycles. The molecule has 3 aromatic rings. The first-order valence-electron chi connectivity index (χ1n) is 6.88. The van der Waals surface area contributed by atoms with E-state index in [2.05, 4.69) is 10.3 Å². The van der Waals surface area contributed by atoms with E-state index in [1.807, 2.05) is 6.92 Å². The van der Waals surface area contributed by atoms with Gasteiger partial charge in [-0.3, -0.25) is 9.36 Å². The summed E-state index contributed by atoms with van der Waals surface area (Å²) >= 11 is 5.87. The Morgan fingerprint density at radius 1 is 1.30 bits per heavy atom. The van der Waals surface area contributed by atoms with E-state index >= 15 is 0 Å². The molecular formula is C16H13ClFN3O2. The van der Waals surface area contributed by atoms with Gasteiger partial charge in [0.25, 0.3) is 0 Å². The van der Waals surface area contributed by atoms with Gasteiger partial charge in [0.15, 0.2) is 0 Å². The van der Waals surface area contributed by atoms with Crippen LogP contribution in [0.2, 0.25) is 5.02 Å². The number of carbonyl (C=O) groups excluding carboxylic acids is 1. The van der Waals surface area contributed by atoms with Crippen LogP contribution >= 0.6 is 11.6 Å². The van der Waals surface area contributed by atoms with E-state index < -0.39 is 11.5 Å².